The second-order valence-electron chi connectivity index (χ2n) is 8.70. The molecule has 5 atom stereocenters. The number of terminal acetylenes is 1. The van der Waals surface area contributed by atoms with E-state index in [1.165, 1.54) is 0 Å². The standard InChI is InChI=1S/C23H28O4/c1-4-14-21-13(12-18(24)22(14)27-20(26)5-2)6-7-15-16(21)10-11-23(3)17(15)8-9-19(23)25/h1,12,15-17,19,24-25H,5-11H2,2-3H3/t15-,16+,17+,19+,23+/m1/s1. The molecule has 0 saturated heterocycles. The third-order valence-electron chi connectivity index (χ3n) is 7.54. The smallest absolute Gasteiger partial charge is 0.311 e. The molecule has 2 N–H and O–H groups in total. The van der Waals surface area contributed by atoms with Crippen molar-refractivity contribution in [2.75, 3.05) is 0 Å². The quantitative estimate of drug-likeness (QED) is 0.472. The summed E-state index contributed by atoms with van der Waals surface area (Å²) in [5.41, 5.74) is 2.72. The number of phenols is 1. The molecule has 4 nitrogen and oxygen atoms in total. The molecule has 2 saturated carbocycles. The summed E-state index contributed by atoms with van der Waals surface area (Å²) in [7, 11) is 0. The van der Waals surface area contributed by atoms with E-state index in [0.29, 0.717) is 23.3 Å². The zero-order chi connectivity index (χ0) is 19.3. The number of carbonyl (C=O) groups is 1. The van der Waals surface area contributed by atoms with Crippen molar-refractivity contribution in [3.8, 4) is 23.8 Å². The average Bonchev–Trinajstić information content (AvgIpc) is 2.97. The van der Waals surface area contributed by atoms with Crippen LogP contribution in [0.3, 0.4) is 0 Å². The first-order chi connectivity index (χ1) is 12.9. The third-order valence-corrected chi connectivity index (χ3v) is 7.54. The largest absolute Gasteiger partial charge is 0.504 e. The van der Waals surface area contributed by atoms with Crippen molar-refractivity contribution in [2.24, 2.45) is 17.3 Å². The van der Waals surface area contributed by atoms with Gasteiger partial charge in [0.2, 0.25) is 0 Å². The predicted octanol–water partition coefficient (Wildman–Crippen LogP) is 3.91. The van der Waals surface area contributed by atoms with Gasteiger partial charge in [-0.3, -0.25) is 4.79 Å². The Morgan fingerprint density at radius 3 is 2.85 bits per heavy atom. The third kappa shape index (κ3) is 2.67. The van der Waals surface area contributed by atoms with Crippen LogP contribution in [-0.4, -0.2) is 22.3 Å². The molecule has 3 aliphatic carbocycles. The van der Waals surface area contributed by atoms with E-state index in [1.807, 2.05) is 0 Å². The van der Waals surface area contributed by atoms with Crippen molar-refractivity contribution < 1.29 is 19.7 Å². The number of esters is 1. The fraction of sp³-hybridized carbons (Fsp3) is 0.609. The highest BCUT2D eigenvalue weighted by molar-refractivity contribution is 5.75. The van der Waals surface area contributed by atoms with Gasteiger partial charge in [-0.1, -0.05) is 19.8 Å². The summed E-state index contributed by atoms with van der Waals surface area (Å²) in [5, 5.41) is 21.0. The molecule has 3 aliphatic rings. The van der Waals surface area contributed by atoms with Crippen molar-refractivity contribution >= 4 is 5.97 Å². The summed E-state index contributed by atoms with van der Waals surface area (Å²) in [6.45, 7) is 3.96. The molecule has 4 rings (SSSR count). The van der Waals surface area contributed by atoms with Crippen LogP contribution in [0.1, 0.15) is 75.0 Å². The van der Waals surface area contributed by atoms with E-state index in [9.17, 15) is 15.0 Å². The molecule has 0 radical (unpaired) electrons. The second kappa shape index (κ2) is 6.56. The Morgan fingerprint density at radius 2 is 2.15 bits per heavy atom. The number of rotatable bonds is 2. The van der Waals surface area contributed by atoms with Gasteiger partial charge in [0, 0.05) is 6.42 Å². The van der Waals surface area contributed by atoms with Crippen LogP contribution >= 0.6 is 0 Å². The predicted molar refractivity (Wildman–Crippen MR) is 103 cm³/mol. The molecule has 0 aromatic heterocycles. The van der Waals surface area contributed by atoms with Crippen molar-refractivity contribution in [3.63, 3.8) is 0 Å². The number of carbonyl (C=O) groups excluding carboxylic acids is 1. The molecule has 2 fully saturated rings. The summed E-state index contributed by atoms with van der Waals surface area (Å²) in [6.07, 6.45) is 11.7. The molecule has 0 heterocycles. The van der Waals surface area contributed by atoms with E-state index in [0.717, 1.165) is 49.7 Å². The highest BCUT2D eigenvalue weighted by atomic mass is 16.5. The van der Waals surface area contributed by atoms with Crippen LogP contribution in [0.2, 0.25) is 0 Å². The number of fused-ring (bicyclic) bond motifs is 5. The first-order valence-electron chi connectivity index (χ1n) is 10.1. The molecule has 0 spiro atoms. The van der Waals surface area contributed by atoms with Crippen LogP contribution in [-0.2, 0) is 11.2 Å². The topological polar surface area (TPSA) is 66.8 Å². The Kier molecular flexibility index (Phi) is 4.47. The van der Waals surface area contributed by atoms with Gasteiger partial charge in [0.15, 0.2) is 11.5 Å². The van der Waals surface area contributed by atoms with Gasteiger partial charge < -0.3 is 14.9 Å². The van der Waals surface area contributed by atoms with Gasteiger partial charge in [0.25, 0.3) is 0 Å². The minimum Gasteiger partial charge on any atom is -0.504 e. The lowest BCUT2D eigenvalue weighted by Gasteiger charge is -2.50. The molecule has 4 heteroatoms. The number of aliphatic hydroxyl groups excluding tert-OH is 1. The van der Waals surface area contributed by atoms with Crippen molar-refractivity contribution in [1.82, 2.24) is 0 Å². The van der Waals surface area contributed by atoms with E-state index >= 15 is 0 Å². The van der Waals surface area contributed by atoms with Gasteiger partial charge in [-0.05, 0) is 78.9 Å². The van der Waals surface area contributed by atoms with Gasteiger partial charge >= 0.3 is 5.97 Å². The van der Waals surface area contributed by atoms with Crippen molar-refractivity contribution in [2.45, 2.75) is 70.8 Å². The van der Waals surface area contributed by atoms with Crippen LogP contribution in [0.5, 0.6) is 11.5 Å². The van der Waals surface area contributed by atoms with E-state index in [2.05, 4.69) is 12.8 Å². The fourth-order valence-electron chi connectivity index (χ4n) is 6.13. The number of ether oxygens (including phenoxy) is 1. The van der Waals surface area contributed by atoms with E-state index < -0.39 is 5.97 Å². The molecule has 27 heavy (non-hydrogen) atoms. The Hall–Kier alpha value is -1.99. The summed E-state index contributed by atoms with van der Waals surface area (Å²) in [6, 6.07) is 1.74. The highest BCUT2D eigenvalue weighted by Crippen LogP contribution is 2.61. The number of aromatic hydroxyl groups is 1. The molecular formula is C23H28O4. The molecule has 0 bridgehead atoms. The Labute approximate surface area is 160 Å². The molecule has 0 amide bonds. The zero-order valence-electron chi connectivity index (χ0n) is 16.1. The normalized spacial score (nSPS) is 34.1. The number of benzene rings is 1. The molecule has 0 unspecified atom stereocenters. The highest BCUT2D eigenvalue weighted by Gasteiger charge is 2.54. The maximum atomic E-state index is 11.9. The number of aryl methyl sites for hydroxylation is 1. The maximum absolute atomic E-state index is 11.9. The minimum absolute atomic E-state index is 0.00338. The fourth-order valence-corrected chi connectivity index (χ4v) is 6.13. The summed E-state index contributed by atoms with van der Waals surface area (Å²) >= 11 is 0. The monoisotopic (exact) mass is 368 g/mol. The number of phenolic OH excluding ortho intramolecular Hbond substituents is 1. The number of aliphatic hydroxyl groups is 1. The number of hydrogen-bond donors (Lipinski definition) is 2. The van der Waals surface area contributed by atoms with E-state index in [-0.39, 0.29) is 29.4 Å². The average molecular weight is 368 g/mol. The van der Waals surface area contributed by atoms with Crippen LogP contribution in [0.25, 0.3) is 0 Å². The van der Waals surface area contributed by atoms with Crippen LogP contribution in [0.4, 0.5) is 0 Å². The van der Waals surface area contributed by atoms with Crippen molar-refractivity contribution in [3.05, 3.63) is 22.8 Å². The minimum atomic E-state index is -0.399. The van der Waals surface area contributed by atoms with E-state index in [4.69, 9.17) is 11.2 Å². The lowest BCUT2D eigenvalue weighted by Crippen LogP contribution is -2.44. The van der Waals surface area contributed by atoms with E-state index in [1.54, 1.807) is 13.0 Å². The molecule has 1 aromatic carbocycles. The summed E-state index contributed by atoms with van der Waals surface area (Å²) in [4.78, 5) is 11.9. The second-order valence-corrected chi connectivity index (χ2v) is 8.70. The number of hydrogen-bond acceptors (Lipinski definition) is 4. The first-order valence-corrected chi connectivity index (χ1v) is 10.1. The Morgan fingerprint density at radius 1 is 1.37 bits per heavy atom. The lowest BCUT2D eigenvalue weighted by molar-refractivity contribution is -0.134. The first kappa shape index (κ1) is 18.4. The molecule has 144 valence electrons. The molecular weight excluding hydrogens is 340 g/mol. The SMILES string of the molecule is C#Cc1c(OC(=O)CC)c(O)cc2c1[C@H]1CC[C@]3(C)[C@@H](O)CC[C@H]3[C@@H]1CC2. The van der Waals surface area contributed by atoms with Crippen LogP contribution in [0, 0.1) is 29.6 Å². The Balaban J connectivity index is 1.79. The van der Waals surface area contributed by atoms with Gasteiger partial charge in [0.05, 0.1) is 11.7 Å². The van der Waals surface area contributed by atoms with Crippen LogP contribution in [0.15, 0.2) is 6.07 Å². The summed E-state index contributed by atoms with van der Waals surface area (Å²) in [5.74, 6) is 3.71. The van der Waals surface area contributed by atoms with Gasteiger partial charge in [-0.15, -0.1) is 6.42 Å². The molecule has 1 aromatic rings. The zero-order valence-corrected chi connectivity index (χ0v) is 16.1. The van der Waals surface area contributed by atoms with Crippen LogP contribution < -0.4 is 4.74 Å². The summed E-state index contributed by atoms with van der Waals surface area (Å²) < 4.78 is 5.41. The van der Waals surface area contributed by atoms with Gasteiger partial charge in [-0.2, -0.15) is 0 Å². The maximum Gasteiger partial charge on any atom is 0.311 e. The molecule has 0 aliphatic heterocycles. The van der Waals surface area contributed by atoms with Gasteiger partial charge in [-0.25, -0.2) is 0 Å². The van der Waals surface area contributed by atoms with Gasteiger partial charge in [0.1, 0.15) is 0 Å². The Bertz CT molecular complexity index is 821. The lowest BCUT2D eigenvalue weighted by atomic mass is 9.55. The van der Waals surface area contributed by atoms with Crippen molar-refractivity contribution in [1.29, 1.82) is 0 Å².